The fraction of sp³-hybridized carbons (Fsp3) is 0.409. The van der Waals surface area contributed by atoms with Crippen LogP contribution in [0.1, 0.15) is 43.8 Å². The monoisotopic (exact) mass is 394 g/mol. The number of aliphatic imine (C=N–C) groups is 1. The molecule has 0 aliphatic carbocycles. The molecule has 7 nitrogen and oxygen atoms in total. The van der Waals surface area contributed by atoms with E-state index >= 15 is 0 Å². The van der Waals surface area contributed by atoms with Crippen LogP contribution in [0.5, 0.6) is 0 Å². The summed E-state index contributed by atoms with van der Waals surface area (Å²) in [6.07, 6.45) is 6.60. The Balaban J connectivity index is 1.50. The minimum atomic E-state index is -0.0536. The quantitative estimate of drug-likeness (QED) is 0.475. The molecule has 1 aromatic carbocycles. The molecule has 0 saturated carbocycles. The first kappa shape index (κ1) is 20.6. The van der Waals surface area contributed by atoms with Crippen molar-refractivity contribution in [3.63, 3.8) is 0 Å². The molecule has 0 atom stereocenters. The fourth-order valence-corrected chi connectivity index (χ4v) is 2.89. The smallest absolute Gasteiger partial charge is 0.213 e. The summed E-state index contributed by atoms with van der Waals surface area (Å²) >= 11 is 0. The maximum atomic E-state index is 5.81. The molecule has 0 saturated heterocycles. The Labute approximate surface area is 172 Å². The topological polar surface area (TPSA) is 80.3 Å². The number of aryl methyl sites for hydroxylation is 2. The van der Waals surface area contributed by atoms with E-state index in [1.54, 1.807) is 13.2 Å². The van der Waals surface area contributed by atoms with E-state index in [1.807, 2.05) is 18.5 Å². The van der Waals surface area contributed by atoms with Crippen molar-refractivity contribution in [2.45, 2.75) is 52.2 Å². The molecule has 2 aromatic heterocycles. The highest BCUT2D eigenvalue weighted by atomic mass is 16.4. The number of guanidine groups is 1. The second-order valence-corrected chi connectivity index (χ2v) is 7.92. The zero-order chi connectivity index (χ0) is 20.7. The highest BCUT2D eigenvalue weighted by Crippen LogP contribution is 2.22. The lowest BCUT2D eigenvalue weighted by molar-refractivity contribution is 0.379. The third-order valence-electron chi connectivity index (χ3n) is 4.62. The first-order valence-electron chi connectivity index (χ1n) is 9.89. The average molecular weight is 395 g/mol. The van der Waals surface area contributed by atoms with Crippen molar-refractivity contribution in [2.24, 2.45) is 4.99 Å². The third-order valence-corrected chi connectivity index (χ3v) is 4.62. The van der Waals surface area contributed by atoms with Gasteiger partial charge in [0.1, 0.15) is 11.6 Å². The Morgan fingerprint density at radius 2 is 1.86 bits per heavy atom. The first-order valence-corrected chi connectivity index (χ1v) is 9.89. The standard InChI is InChI=1S/C22H30N6O/c1-22(2,3)18-14-25-20(29-18)16-27-21(23-4)26-15-19-24-11-13-28(19)12-10-17-8-6-5-7-9-17/h5-9,11,13-14H,10,12,15-16H2,1-4H3,(H2,23,26,27). The summed E-state index contributed by atoms with van der Waals surface area (Å²) < 4.78 is 7.98. The SMILES string of the molecule is CN=C(NCc1ncc(C(C)(C)C)o1)NCc1nccn1CCc1ccccc1. The van der Waals surface area contributed by atoms with Crippen molar-refractivity contribution in [1.82, 2.24) is 25.2 Å². The van der Waals surface area contributed by atoms with E-state index in [0.717, 1.165) is 24.6 Å². The summed E-state index contributed by atoms with van der Waals surface area (Å²) in [7, 11) is 1.74. The van der Waals surface area contributed by atoms with Gasteiger partial charge in [0.15, 0.2) is 5.96 Å². The Bertz CT molecular complexity index is 920. The zero-order valence-electron chi connectivity index (χ0n) is 17.6. The molecule has 3 rings (SSSR count). The number of imidazole rings is 1. The first-order chi connectivity index (χ1) is 14.0. The van der Waals surface area contributed by atoms with Gasteiger partial charge in [0.2, 0.25) is 5.89 Å². The van der Waals surface area contributed by atoms with E-state index in [-0.39, 0.29) is 5.41 Å². The van der Waals surface area contributed by atoms with Crippen molar-refractivity contribution >= 4 is 5.96 Å². The van der Waals surface area contributed by atoms with Crippen LogP contribution in [0.4, 0.5) is 0 Å². The van der Waals surface area contributed by atoms with Crippen molar-refractivity contribution in [3.05, 3.63) is 72.0 Å². The molecule has 3 aromatic rings. The van der Waals surface area contributed by atoms with Gasteiger partial charge in [0, 0.05) is 31.4 Å². The molecular formula is C22H30N6O. The minimum Gasteiger partial charge on any atom is -0.443 e. The average Bonchev–Trinajstić information content (AvgIpc) is 3.36. The molecule has 0 fully saturated rings. The summed E-state index contributed by atoms with van der Waals surface area (Å²) in [6.45, 7) is 8.25. The van der Waals surface area contributed by atoms with Gasteiger partial charge in [-0.05, 0) is 12.0 Å². The minimum absolute atomic E-state index is 0.0536. The Hall–Kier alpha value is -3.09. The lowest BCUT2D eigenvalue weighted by Gasteiger charge is -2.14. The van der Waals surface area contributed by atoms with Crippen molar-refractivity contribution in [2.75, 3.05) is 7.05 Å². The molecule has 2 heterocycles. The molecule has 154 valence electrons. The summed E-state index contributed by atoms with van der Waals surface area (Å²) in [5.41, 5.74) is 1.26. The predicted octanol–water partition coefficient (Wildman–Crippen LogP) is 3.28. The number of hydrogen-bond donors (Lipinski definition) is 2. The number of hydrogen-bond acceptors (Lipinski definition) is 4. The Morgan fingerprint density at radius 3 is 2.55 bits per heavy atom. The van der Waals surface area contributed by atoms with Crippen LogP contribution in [-0.4, -0.2) is 27.5 Å². The summed E-state index contributed by atoms with van der Waals surface area (Å²) in [6, 6.07) is 10.5. The van der Waals surface area contributed by atoms with Gasteiger partial charge in [-0.25, -0.2) is 9.97 Å². The van der Waals surface area contributed by atoms with Crippen LogP contribution in [-0.2, 0) is 31.5 Å². The lowest BCUT2D eigenvalue weighted by Crippen LogP contribution is -2.37. The van der Waals surface area contributed by atoms with Crippen LogP contribution in [0, 0.1) is 0 Å². The number of oxazole rings is 1. The van der Waals surface area contributed by atoms with Gasteiger partial charge in [-0.2, -0.15) is 0 Å². The lowest BCUT2D eigenvalue weighted by atomic mass is 9.94. The van der Waals surface area contributed by atoms with E-state index in [1.165, 1.54) is 5.56 Å². The van der Waals surface area contributed by atoms with Crippen molar-refractivity contribution in [3.8, 4) is 0 Å². The van der Waals surface area contributed by atoms with E-state index < -0.39 is 0 Å². The van der Waals surface area contributed by atoms with Gasteiger partial charge >= 0.3 is 0 Å². The van der Waals surface area contributed by atoms with E-state index in [0.29, 0.717) is 24.9 Å². The number of benzene rings is 1. The van der Waals surface area contributed by atoms with Gasteiger partial charge in [-0.1, -0.05) is 51.1 Å². The summed E-state index contributed by atoms with van der Waals surface area (Å²) in [5.74, 6) is 3.16. The summed E-state index contributed by atoms with van der Waals surface area (Å²) in [4.78, 5) is 13.1. The molecule has 29 heavy (non-hydrogen) atoms. The number of rotatable bonds is 7. The highest BCUT2D eigenvalue weighted by molar-refractivity contribution is 5.79. The molecule has 0 unspecified atom stereocenters. The fourth-order valence-electron chi connectivity index (χ4n) is 2.89. The largest absolute Gasteiger partial charge is 0.443 e. The van der Waals surface area contributed by atoms with Crippen molar-refractivity contribution in [1.29, 1.82) is 0 Å². The van der Waals surface area contributed by atoms with Crippen LogP contribution < -0.4 is 10.6 Å². The van der Waals surface area contributed by atoms with E-state index in [4.69, 9.17) is 4.42 Å². The third kappa shape index (κ3) is 5.94. The second kappa shape index (κ2) is 9.41. The molecule has 0 amide bonds. The number of aromatic nitrogens is 3. The molecule has 0 aliphatic rings. The van der Waals surface area contributed by atoms with E-state index in [2.05, 4.69) is 75.2 Å². The second-order valence-electron chi connectivity index (χ2n) is 7.92. The van der Waals surface area contributed by atoms with Crippen LogP contribution in [0.3, 0.4) is 0 Å². The highest BCUT2D eigenvalue weighted by Gasteiger charge is 2.19. The van der Waals surface area contributed by atoms with Crippen LogP contribution >= 0.6 is 0 Å². The normalized spacial score (nSPS) is 12.2. The molecule has 0 bridgehead atoms. The number of nitrogens with zero attached hydrogens (tertiary/aromatic N) is 4. The zero-order valence-corrected chi connectivity index (χ0v) is 17.6. The van der Waals surface area contributed by atoms with Crippen LogP contribution in [0.25, 0.3) is 0 Å². The van der Waals surface area contributed by atoms with Crippen LogP contribution in [0.2, 0.25) is 0 Å². The Kier molecular flexibility index (Phi) is 6.69. The van der Waals surface area contributed by atoms with Gasteiger partial charge in [0.25, 0.3) is 0 Å². The van der Waals surface area contributed by atoms with E-state index in [9.17, 15) is 0 Å². The van der Waals surface area contributed by atoms with Crippen molar-refractivity contribution < 1.29 is 4.42 Å². The van der Waals surface area contributed by atoms with Gasteiger partial charge in [-0.15, -0.1) is 0 Å². The molecule has 2 N–H and O–H groups in total. The number of nitrogens with one attached hydrogen (secondary N) is 2. The predicted molar refractivity (Wildman–Crippen MR) is 115 cm³/mol. The molecule has 0 spiro atoms. The maximum Gasteiger partial charge on any atom is 0.213 e. The maximum absolute atomic E-state index is 5.81. The molecular weight excluding hydrogens is 364 g/mol. The summed E-state index contributed by atoms with van der Waals surface area (Å²) in [5, 5.41) is 6.54. The Morgan fingerprint density at radius 1 is 1.10 bits per heavy atom. The van der Waals surface area contributed by atoms with Crippen LogP contribution in [0.15, 0.2) is 58.3 Å². The molecule has 7 heteroatoms. The van der Waals surface area contributed by atoms with Gasteiger partial charge in [-0.3, -0.25) is 4.99 Å². The van der Waals surface area contributed by atoms with Gasteiger partial charge < -0.3 is 19.6 Å². The van der Waals surface area contributed by atoms with Gasteiger partial charge in [0.05, 0.1) is 19.3 Å². The molecule has 0 aliphatic heterocycles. The molecule has 0 radical (unpaired) electrons.